The predicted molar refractivity (Wildman–Crippen MR) is 146 cm³/mol. The van der Waals surface area contributed by atoms with Gasteiger partial charge in [0.2, 0.25) is 0 Å². The number of halogens is 2. The Morgan fingerprint density at radius 3 is 2.30 bits per heavy atom. The molecule has 0 spiro atoms. The summed E-state index contributed by atoms with van der Waals surface area (Å²) >= 11 is 8.47. The van der Waals surface area contributed by atoms with Crippen LogP contribution in [0.4, 0.5) is 0 Å². The fraction of sp³-hybridized carbons (Fsp3) is 0.259. The van der Waals surface area contributed by atoms with E-state index in [0.29, 0.717) is 28.3 Å². The third-order valence-electron chi connectivity index (χ3n) is 6.22. The third kappa shape index (κ3) is 5.48. The first-order valence-corrected chi connectivity index (χ1v) is 13.1. The number of benzene rings is 2. The number of carbonyl (C=O) groups is 2. The van der Waals surface area contributed by atoms with Gasteiger partial charge in [0.05, 0.1) is 16.5 Å². The molecule has 4 aromatic rings. The number of carbonyl (C=O) groups excluding carboxylic acids is 2. The highest BCUT2D eigenvalue weighted by molar-refractivity contribution is 14.1. The van der Waals surface area contributed by atoms with Gasteiger partial charge in [0.1, 0.15) is 42.2 Å². The van der Waals surface area contributed by atoms with Gasteiger partial charge in [0.25, 0.3) is 0 Å². The van der Waals surface area contributed by atoms with Crippen molar-refractivity contribution >= 4 is 57.2 Å². The Morgan fingerprint density at radius 1 is 1.03 bits per heavy atom. The number of fused-ring (bicyclic) bond motifs is 1. The number of aryl methyl sites for hydroxylation is 2. The van der Waals surface area contributed by atoms with Crippen LogP contribution in [0.1, 0.15) is 44.5 Å². The number of ether oxygens (including phenoxy) is 3. The molecule has 0 unspecified atom stereocenters. The van der Waals surface area contributed by atoms with Gasteiger partial charge in [-0.2, -0.15) is 0 Å². The van der Waals surface area contributed by atoms with E-state index in [1.54, 1.807) is 24.3 Å². The van der Waals surface area contributed by atoms with Crippen LogP contribution in [0.3, 0.4) is 0 Å². The SMILES string of the molecule is Cc1ccc(C(=O)OC[C@H]2O[C@@H](n3cc(I)c4c(Cl)ncnc43)C[C@@H]2OC(=O)c2ccc(C)cc2)cc1. The van der Waals surface area contributed by atoms with E-state index in [4.69, 9.17) is 25.8 Å². The average molecular weight is 632 g/mol. The first-order valence-electron chi connectivity index (χ1n) is 11.6. The van der Waals surface area contributed by atoms with E-state index in [1.807, 2.05) is 48.9 Å². The molecule has 3 atom stereocenters. The lowest BCUT2D eigenvalue weighted by molar-refractivity contribution is -0.0562. The summed E-state index contributed by atoms with van der Waals surface area (Å²) in [5, 5.41) is 1.06. The summed E-state index contributed by atoms with van der Waals surface area (Å²) in [5.41, 5.74) is 3.56. The Bertz CT molecular complexity index is 1460. The summed E-state index contributed by atoms with van der Waals surface area (Å²) in [6.07, 6.45) is 1.75. The predicted octanol–water partition coefficient (Wildman–Crippen LogP) is 5.68. The number of aromatic nitrogens is 3. The van der Waals surface area contributed by atoms with E-state index in [9.17, 15) is 9.59 Å². The number of rotatable bonds is 6. The van der Waals surface area contributed by atoms with Crippen molar-refractivity contribution in [3.8, 4) is 0 Å². The Morgan fingerprint density at radius 2 is 1.65 bits per heavy atom. The van der Waals surface area contributed by atoms with Crippen LogP contribution in [0.5, 0.6) is 0 Å². The van der Waals surface area contributed by atoms with Crippen molar-refractivity contribution in [2.45, 2.75) is 38.7 Å². The van der Waals surface area contributed by atoms with E-state index in [0.717, 1.165) is 20.1 Å². The fourth-order valence-corrected chi connectivity index (χ4v) is 5.38. The normalized spacial score (nSPS) is 19.2. The van der Waals surface area contributed by atoms with Crippen molar-refractivity contribution in [1.82, 2.24) is 14.5 Å². The van der Waals surface area contributed by atoms with E-state index in [1.165, 1.54) is 6.33 Å². The Labute approximate surface area is 232 Å². The zero-order chi connectivity index (χ0) is 26.1. The van der Waals surface area contributed by atoms with Crippen LogP contribution in [-0.4, -0.2) is 45.3 Å². The zero-order valence-electron chi connectivity index (χ0n) is 20.1. The summed E-state index contributed by atoms with van der Waals surface area (Å²) in [7, 11) is 0. The van der Waals surface area contributed by atoms with Gasteiger partial charge in [0.15, 0.2) is 0 Å². The molecule has 2 aromatic carbocycles. The number of esters is 2. The molecule has 1 fully saturated rings. The minimum absolute atomic E-state index is 0.0823. The van der Waals surface area contributed by atoms with E-state index in [2.05, 4.69) is 32.6 Å². The molecule has 3 heterocycles. The lowest BCUT2D eigenvalue weighted by Crippen LogP contribution is -2.32. The Kier molecular flexibility index (Phi) is 7.45. The number of hydrogen-bond acceptors (Lipinski definition) is 7. The van der Waals surface area contributed by atoms with Crippen LogP contribution in [0.2, 0.25) is 5.15 Å². The molecular weight excluding hydrogens is 609 g/mol. The highest BCUT2D eigenvalue weighted by Gasteiger charge is 2.40. The van der Waals surface area contributed by atoms with Gasteiger partial charge in [0, 0.05) is 16.2 Å². The molecule has 10 heteroatoms. The lowest BCUT2D eigenvalue weighted by Gasteiger charge is -2.19. The molecule has 190 valence electrons. The largest absolute Gasteiger partial charge is 0.459 e. The standard InChI is InChI=1S/C27H23ClIN3O5/c1-15-3-7-17(8-4-15)26(33)35-13-21-20(37-27(34)18-9-5-16(2)6-10-18)11-22(36-21)32-12-19(29)23-24(28)30-14-31-25(23)32/h3-10,12,14,20-22H,11,13H2,1-2H3/t20-,21+,22+/m0/s1. The molecule has 0 bridgehead atoms. The second-order valence-electron chi connectivity index (χ2n) is 8.89. The lowest BCUT2D eigenvalue weighted by atomic mass is 10.1. The molecule has 37 heavy (non-hydrogen) atoms. The molecule has 1 saturated heterocycles. The van der Waals surface area contributed by atoms with Crippen molar-refractivity contribution in [2.75, 3.05) is 6.61 Å². The fourth-order valence-electron chi connectivity index (χ4n) is 4.20. The van der Waals surface area contributed by atoms with E-state index < -0.39 is 30.4 Å². The maximum atomic E-state index is 12.9. The molecule has 0 N–H and O–H groups in total. The van der Waals surface area contributed by atoms with Gasteiger partial charge < -0.3 is 18.8 Å². The van der Waals surface area contributed by atoms with Gasteiger partial charge in [-0.25, -0.2) is 19.6 Å². The highest BCUT2D eigenvalue weighted by Crippen LogP contribution is 2.36. The Balaban J connectivity index is 1.38. The summed E-state index contributed by atoms with van der Waals surface area (Å²) in [4.78, 5) is 34.0. The van der Waals surface area contributed by atoms with Gasteiger partial charge in [-0.3, -0.25) is 0 Å². The van der Waals surface area contributed by atoms with Crippen LogP contribution in [0.25, 0.3) is 11.0 Å². The second-order valence-corrected chi connectivity index (χ2v) is 10.4. The van der Waals surface area contributed by atoms with Crippen LogP contribution in [0.15, 0.2) is 61.1 Å². The Hall–Kier alpha value is -3.02. The van der Waals surface area contributed by atoms with E-state index in [-0.39, 0.29) is 6.61 Å². The summed E-state index contributed by atoms with van der Waals surface area (Å²) in [6, 6.07) is 14.2. The van der Waals surface area contributed by atoms with Gasteiger partial charge >= 0.3 is 11.9 Å². The number of nitrogens with zero attached hydrogens (tertiary/aromatic N) is 3. The van der Waals surface area contributed by atoms with E-state index >= 15 is 0 Å². The summed E-state index contributed by atoms with van der Waals surface area (Å²) in [5.74, 6) is -0.947. The molecule has 0 radical (unpaired) electrons. The van der Waals surface area contributed by atoms with Crippen LogP contribution in [0, 0.1) is 17.4 Å². The van der Waals surface area contributed by atoms with Gasteiger partial charge in [-0.1, -0.05) is 47.0 Å². The summed E-state index contributed by atoms with van der Waals surface area (Å²) in [6.45, 7) is 3.81. The topological polar surface area (TPSA) is 92.5 Å². The smallest absolute Gasteiger partial charge is 0.338 e. The monoisotopic (exact) mass is 631 g/mol. The molecule has 2 aromatic heterocycles. The van der Waals surface area contributed by atoms with Crippen LogP contribution >= 0.6 is 34.2 Å². The van der Waals surface area contributed by atoms with Crippen LogP contribution in [-0.2, 0) is 14.2 Å². The molecule has 8 nitrogen and oxygen atoms in total. The van der Waals surface area contributed by atoms with Crippen LogP contribution < -0.4 is 0 Å². The second kappa shape index (κ2) is 10.8. The van der Waals surface area contributed by atoms with Crippen molar-refractivity contribution in [2.24, 2.45) is 0 Å². The maximum Gasteiger partial charge on any atom is 0.338 e. The third-order valence-corrected chi connectivity index (χ3v) is 7.32. The minimum atomic E-state index is -0.679. The molecule has 1 aliphatic rings. The average Bonchev–Trinajstić information content (AvgIpc) is 3.44. The highest BCUT2D eigenvalue weighted by atomic mass is 127. The molecule has 5 rings (SSSR count). The van der Waals surface area contributed by atoms with Gasteiger partial charge in [-0.15, -0.1) is 0 Å². The number of hydrogen-bond donors (Lipinski definition) is 0. The van der Waals surface area contributed by atoms with Gasteiger partial charge in [-0.05, 0) is 60.7 Å². The van der Waals surface area contributed by atoms with Crippen molar-refractivity contribution in [3.05, 3.63) is 92.0 Å². The summed E-state index contributed by atoms with van der Waals surface area (Å²) < 4.78 is 20.4. The van der Waals surface area contributed by atoms with Crippen molar-refractivity contribution in [3.63, 3.8) is 0 Å². The molecule has 0 amide bonds. The zero-order valence-corrected chi connectivity index (χ0v) is 23.0. The maximum absolute atomic E-state index is 12.9. The molecule has 0 aliphatic carbocycles. The molecule has 0 saturated carbocycles. The van der Waals surface area contributed by atoms with Crippen molar-refractivity contribution in [1.29, 1.82) is 0 Å². The molecule has 1 aliphatic heterocycles. The minimum Gasteiger partial charge on any atom is -0.459 e. The first kappa shape index (κ1) is 25.6. The quantitative estimate of drug-likeness (QED) is 0.154. The molecular formula is C27H23ClIN3O5. The first-order chi connectivity index (χ1) is 17.8. The van der Waals surface area contributed by atoms with Crippen molar-refractivity contribution < 1.29 is 23.8 Å².